The Bertz CT molecular complexity index is 1790. The minimum absolute atomic E-state index is 0.0532. The fraction of sp³-hybridized carbons (Fsp3) is 0.290. The first kappa shape index (κ1) is 26.5. The van der Waals surface area contributed by atoms with E-state index in [1.165, 1.54) is 21.5 Å². The van der Waals surface area contributed by atoms with E-state index in [0.717, 1.165) is 29.7 Å². The summed E-state index contributed by atoms with van der Waals surface area (Å²) in [5.41, 5.74) is 5.72. The number of carbonyl (C=O) groups excluding carboxylic acids is 1. The van der Waals surface area contributed by atoms with Gasteiger partial charge in [0.25, 0.3) is 0 Å². The Kier molecular flexibility index (Phi) is 6.69. The normalized spacial score (nSPS) is 13.1. The lowest BCUT2D eigenvalue weighted by Gasteiger charge is -2.23. The fourth-order valence-corrected chi connectivity index (χ4v) is 5.39. The quantitative estimate of drug-likeness (QED) is 0.292. The van der Waals surface area contributed by atoms with Gasteiger partial charge >= 0.3 is 5.69 Å². The molecule has 1 aliphatic carbocycles. The summed E-state index contributed by atoms with van der Waals surface area (Å²) in [6.45, 7) is 5.67. The minimum Gasteiger partial charge on any atom is -0.482 e. The average Bonchev–Trinajstić information content (AvgIpc) is 3.57. The second kappa shape index (κ2) is 10.3. The van der Waals surface area contributed by atoms with Crippen LogP contribution < -0.4 is 15.3 Å². The van der Waals surface area contributed by atoms with E-state index in [1.807, 2.05) is 61.2 Å². The third kappa shape index (κ3) is 5.01. The number of hydrogen-bond donors (Lipinski definition) is 1. The van der Waals surface area contributed by atoms with Gasteiger partial charge in [0.1, 0.15) is 19.5 Å². The predicted octanol–water partition coefficient (Wildman–Crippen LogP) is 4.96. The predicted molar refractivity (Wildman–Crippen MR) is 154 cm³/mol. The second-order valence-corrected chi connectivity index (χ2v) is 10.8. The highest BCUT2D eigenvalue weighted by Crippen LogP contribution is 2.35. The van der Waals surface area contributed by atoms with Crippen LogP contribution in [-0.2, 0) is 25.0 Å². The first-order valence-electron chi connectivity index (χ1n) is 13.6. The smallest absolute Gasteiger partial charge is 0.329 e. The summed E-state index contributed by atoms with van der Waals surface area (Å²) >= 11 is 0. The number of rotatable bonds is 8. The highest BCUT2D eigenvalue weighted by Gasteiger charge is 2.34. The minimum atomic E-state index is -0.521. The Morgan fingerprint density at radius 3 is 2.51 bits per heavy atom. The maximum Gasteiger partial charge on any atom is 0.329 e. The highest BCUT2D eigenvalue weighted by atomic mass is 19.1. The van der Waals surface area contributed by atoms with Gasteiger partial charge in [-0.3, -0.25) is 19.0 Å². The molecule has 0 atom stereocenters. The average molecular weight is 555 g/mol. The van der Waals surface area contributed by atoms with Crippen molar-refractivity contribution in [3.63, 3.8) is 0 Å². The number of fused-ring (bicyclic) bond motifs is 1. The Morgan fingerprint density at radius 1 is 1.10 bits per heavy atom. The topological polar surface area (TPSA) is 98.0 Å². The third-order valence-corrected chi connectivity index (χ3v) is 7.52. The third-order valence-electron chi connectivity index (χ3n) is 7.52. The Balaban J connectivity index is 1.38. The molecule has 6 rings (SSSR count). The number of aromatic amines is 1. The van der Waals surface area contributed by atoms with E-state index in [0.29, 0.717) is 33.5 Å². The number of nitrogens with one attached hydrogen (secondary N) is 1. The summed E-state index contributed by atoms with van der Waals surface area (Å²) in [4.78, 5) is 33.0. The summed E-state index contributed by atoms with van der Waals surface area (Å²) in [5, 5.41) is 6.48. The molecule has 1 fully saturated rings. The molecule has 41 heavy (non-hydrogen) atoms. The molecule has 1 aliphatic rings. The Labute approximate surface area is 236 Å². The fourth-order valence-electron chi connectivity index (χ4n) is 5.39. The van der Waals surface area contributed by atoms with Crippen molar-refractivity contribution in [3.05, 3.63) is 93.7 Å². The molecule has 0 spiro atoms. The SMILES string of the molecule is Cc1ccc(N(C(=O)Cn2c(=O)n(C)c3c(-c4cc(C)c(OCc5ncn[nH]5)c(F)c4)cc(C)cc32)C2CC2)cc1. The van der Waals surface area contributed by atoms with E-state index in [4.69, 9.17) is 4.74 Å². The number of ether oxygens (including phenoxy) is 1. The second-order valence-electron chi connectivity index (χ2n) is 10.8. The zero-order chi connectivity index (χ0) is 28.8. The molecule has 1 saturated carbocycles. The number of hydrogen-bond acceptors (Lipinski definition) is 5. The van der Waals surface area contributed by atoms with Crippen LogP contribution in [0.2, 0.25) is 0 Å². The van der Waals surface area contributed by atoms with Crippen LogP contribution in [0.25, 0.3) is 22.2 Å². The molecule has 2 heterocycles. The van der Waals surface area contributed by atoms with E-state index >= 15 is 4.39 Å². The van der Waals surface area contributed by atoms with Gasteiger partial charge in [0.05, 0.1) is 11.0 Å². The number of H-pyrrole nitrogens is 1. The first-order chi connectivity index (χ1) is 19.7. The van der Waals surface area contributed by atoms with Crippen molar-refractivity contribution in [2.75, 3.05) is 4.90 Å². The van der Waals surface area contributed by atoms with Gasteiger partial charge < -0.3 is 9.64 Å². The molecule has 2 aromatic heterocycles. The maximum atomic E-state index is 15.3. The van der Waals surface area contributed by atoms with Crippen molar-refractivity contribution in [2.24, 2.45) is 7.05 Å². The number of carbonyl (C=O) groups is 1. The molecular formula is C31H31FN6O3. The molecule has 0 saturated heterocycles. The molecule has 10 heteroatoms. The molecule has 9 nitrogen and oxygen atoms in total. The number of aryl methyl sites for hydroxylation is 4. The van der Waals surface area contributed by atoms with Gasteiger partial charge in [-0.25, -0.2) is 14.2 Å². The number of aromatic nitrogens is 5. The summed E-state index contributed by atoms with van der Waals surface area (Å²) in [7, 11) is 1.68. The van der Waals surface area contributed by atoms with Crippen LogP contribution >= 0.6 is 0 Å². The zero-order valence-corrected chi connectivity index (χ0v) is 23.4. The maximum absolute atomic E-state index is 15.3. The van der Waals surface area contributed by atoms with Crippen LogP contribution in [0.4, 0.5) is 10.1 Å². The summed E-state index contributed by atoms with van der Waals surface area (Å²) in [5.74, 6) is -0.0414. The number of benzene rings is 3. The highest BCUT2D eigenvalue weighted by molar-refractivity contribution is 5.97. The molecule has 3 aromatic carbocycles. The van der Waals surface area contributed by atoms with Crippen molar-refractivity contribution in [1.29, 1.82) is 0 Å². The van der Waals surface area contributed by atoms with Gasteiger partial charge in [-0.1, -0.05) is 17.7 Å². The van der Waals surface area contributed by atoms with Crippen LogP contribution in [-0.4, -0.2) is 36.3 Å². The largest absolute Gasteiger partial charge is 0.482 e. The lowest BCUT2D eigenvalue weighted by molar-refractivity contribution is -0.119. The van der Waals surface area contributed by atoms with E-state index < -0.39 is 5.82 Å². The molecule has 0 radical (unpaired) electrons. The number of amides is 1. The van der Waals surface area contributed by atoms with Crippen molar-refractivity contribution < 1.29 is 13.9 Å². The number of anilines is 1. The van der Waals surface area contributed by atoms with E-state index in [1.54, 1.807) is 14.0 Å². The van der Waals surface area contributed by atoms with Gasteiger partial charge in [-0.2, -0.15) is 5.10 Å². The zero-order valence-electron chi connectivity index (χ0n) is 23.4. The molecular weight excluding hydrogens is 523 g/mol. The molecule has 210 valence electrons. The monoisotopic (exact) mass is 554 g/mol. The van der Waals surface area contributed by atoms with Gasteiger partial charge in [-0.05, 0) is 86.7 Å². The number of imidazole rings is 1. The summed E-state index contributed by atoms with van der Waals surface area (Å²) in [6.07, 6.45) is 3.25. The first-order valence-corrected chi connectivity index (χ1v) is 13.6. The van der Waals surface area contributed by atoms with Crippen molar-refractivity contribution in [2.45, 2.75) is 52.8 Å². The summed E-state index contributed by atoms with van der Waals surface area (Å²) in [6, 6.07) is 15.1. The Morgan fingerprint density at radius 2 is 1.85 bits per heavy atom. The van der Waals surface area contributed by atoms with E-state index in [2.05, 4.69) is 15.2 Å². The lowest BCUT2D eigenvalue weighted by Crippen LogP contribution is -2.38. The van der Waals surface area contributed by atoms with E-state index in [9.17, 15) is 9.59 Å². The van der Waals surface area contributed by atoms with Crippen molar-refractivity contribution in [1.82, 2.24) is 24.3 Å². The molecule has 0 bridgehead atoms. The van der Waals surface area contributed by atoms with Crippen LogP contribution in [0, 0.1) is 26.6 Å². The van der Waals surface area contributed by atoms with Crippen molar-refractivity contribution >= 4 is 22.6 Å². The Hall–Kier alpha value is -4.73. The summed E-state index contributed by atoms with van der Waals surface area (Å²) < 4.78 is 24.1. The van der Waals surface area contributed by atoms with Crippen LogP contribution in [0.3, 0.4) is 0 Å². The van der Waals surface area contributed by atoms with Crippen molar-refractivity contribution in [3.8, 4) is 16.9 Å². The number of halogens is 1. The van der Waals surface area contributed by atoms with Gasteiger partial charge in [0, 0.05) is 24.3 Å². The molecule has 0 unspecified atom stereocenters. The standard InChI is InChI=1S/C31H31FN6O3/c1-18-5-7-22(8-6-18)38(23-9-10-23)28(39)15-37-26-12-19(2)11-24(29(26)36(4)31(37)40)21-13-20(3)30(25(32)14-21)41-16-27-33-17-34-35-27/h5-8,11-14,17,23H,9-10,15-16H2,1-4H3,(H,33,34,35). The van der Waals surface area contributed by atoms with Crippen LogP contribution in [0.1, 0.15) is 35.4 Å². The van der Waals surface area contributed by atoms with Crippen LogP contribution in [0.5, 0.6) is 5.75 Å². The molecule has 1 amide bonds. The van der Waals surface area contributed by atoms with Gasteiger partial charge in [0.2, 0.25) is 5.91 Å². The molecule has 5 aromatic rings. The van der Waals surface area contributed by atoms with E-state index in [-0.39, 0.29) is 36.5 Å². The molecule has 1 N–H and O–H groups in total. The van der Waals surface area contributed by atoms with Gasteiger partial charge in [-0.15, -0.1) is 0 Å². The lowest BCUT2D eigenvalue weighted by atomic mass is 9.99. The van der Waals surface area contributed by atoms with Gasteiger partial charge in [0.15, 0.2) is 17.4 Å². The van der Waals surface area contributed by atoms with Crippen LogP contribution in [0.15, 0.2) is 59.7 Å². The molecule has 0 aliphatic heterocycles. The number of nitrogens with zero attached hydrogens (tertiary/aromatic N) is 5.